The summed E-state index contributed by atoms with van der Waals surface area (Å²) >= 11 is 0. The molecule has 0 unspecified atom stereocenters. The number of nitrogens with one attached hydrogen (secondary N) is 1. The van der Waals surface area contributed by atoms with Gasteiger partial charge in [0.1, 0.15) is 0 Å². The third-order valence-electron chi connectivity index (χ3n) is 4.34. The Labute approximate surface area is 140 Å². The van der Waals surface area contributed by atoms with Crippen molar-refractivity contribution in [1.29, 1.82) is 0 Å². The lowest BCUT2D eigenvalue weighted by Gasteiger charge is -2.16. The summed E-state index contributed by atoms with van der Waals surface area (Å²) in [6.07, 6.45) is 1.46. The first kappa shape index (κ1) is 16.0. The summed E-state index contributed by atoms with van der Waals surface area (Å²) in [6.45, 7) is 3.80. The SMILES string of the molecule is COc1ccc(C(=O)Nc2ccc3c(c2)N(C)C(=O)C3(C)C)cn1. The molecule has 0 saturated carbocycles. The second-order valence-electron chi connectivity index (χ2n) is 6.26. The van der Waals surface area contributed by atoms with E-state index in [9.17, 15) is 9.59 Å². The Balaban J connectivity index is 1.84. The zero-order valence-electron chi connectivity index (χ0n) is 14.1. The minimum absolute atomic E-state index is 0.0420. The van der Waals surface area contributed by atoms with Crippen molar-refractivity contribution in [3.63, 3.8) is 0 Å². The molecule has 124 valence electrons. The van der Waals surface area contributed by atoms with Gasteiger partial charge in [-0.25, -0.2) is 4.98 Å². The van der Waals surface area contributed by atoms with Gasteiger partial charge in [0.2, 0.25) is 11.8 Å². The first-order valence-corrected chi connectivity index (χ1v) is 7.58. The van der Waals surface area contributed by atoms with E-state index in [-0.39, 0.29) is 11.8 Å². The highest BCUT2D eigenvalue weighted by molar-refractivity contribution is 6.09. The number of nitrogens with zero attached hydrogens (tertiary/aromatic N) is 2. The summed E-state index contributed by atoms with van der Waals surface area (Å²) < 4.78 is 4.98. The van der Waals surface area contributed by atoms with Gasteiger partial charge in [-0.3, -0.25) is 9.59 Å². The van der Waals surface area contributed by atoms with Gasteiger partial charge < -0.3 is 15.0 Å². The summed E-state index contributed by atoms with van der Waals surface area (Å²) in [5.74, 6) is 0.225. The van der Waals surface area contributed by atoms with Crippen LogP contribution in [0.4, 0.5) is 11.4 Å². The van der Waals surface area contributed by atoms with E-state index in [0.29, 0.717) is 17.1 Å². The van der Waals surface area contributed by atoms with E-state index in [1.807, 2.05) is 32.0 Å². The van der Waals surface area contributed by atoms with E-state index in [1.165, 1.54) is 13.3 Å². The second-order valence-corrected chi connectivity index (χ2v) is 6.26. The van der Waals surface area contributed by atoms with Gasteiger partial charge in [0.15, 0.2) is 0 Å². The van der Waals surface area contributed by atoms with Crippen LogP contribution >= 0.6 is 0 Å². The Hall–Kier alpha value is -2.89. The molecule has 1 aromatic carbocycles. The van der Waals surface area contributed by atoms with Gasteiger partial charge in [0.05, 0.1) is 18.1 Å². The third-order valence-corrected chi connectivity index (χ3v) is 4.34. The normalized spacial score (nSPS) is 15.2. The van der Waals surface area contributed by atoms with Crippen molar-refractivity contribution in [3.8, 4) is 5.88 Å². The van der Waals surface area contributed by atoms with E-state index in [4.69, 9.17) is 4.74 Å². The topological polar surface area (TPSA) is 71.5 Å². The summed E-state index contributed by atoms with van der Waals surface area (Å²) in [6, 6.07) is 8.79. The van der Waals surface area contributed by atoms with Crippen LogP contribution in [0.5, 0.6) is 5.88 Å². The summed E-state index contributed by atoms with van der Waals surface area (Å²) in [5.41, 5.74) is 2.29. The van der Waals surface area contributed by atoms with Crippen molar-refractivity contribution in [1.82, 2.24) is 4.98 Å². The number of likely N-dealkylation sites (N-methyl/N-ethyl adjacent to an activating group) is 1. The van der Waals surface area contributed by atoms with E-state index < -0.39 is 5.41 Å². The molecule has 0 aliphatic carbocycles. The molecule has 6 nitrogen and oxygen atoms in total. The average Bonchev–Trinajstić information content (AvgIpc) is 2.75. The average molecular weight is 325 g/mol. The predicted molar refractivity (Wildman–Crippen MR) is 91.6 cm³/mol. The number of ether oxygens (including phenoxy) is 1. The highest BCUT2D eigenvalue weighted by Crippen LogP contribution is 2.41. The fourth-order valence-corrected chi connectivity index (χ4v) is 2.90. The van der Waals surface area contributed by atoms with Crippen molar-refractivity contribution < 1.29 is 14.3 Å². The molecule has 1 N–H and O–H groups in total. The molecule has 2 aromatic rings. The molecule has 24 heavy (non-hydrogen) atoms. The predicted octanol–water partition coefficient (Wildman–Crippen LogP) is 2.60. The van der Waals surface area contributed by atoms with Crippen LogP contribution in [0.3, 0.4) is 0 Å². The van der Waals surface area contributed by atoms with Gasteiger partial charge in [0, 0.05) is 30.7 Å². The monoisotopic (exact) mass is 325 g/mol. The Morgan fingerprint density at radius 1 is 1.25 bits per heavy atom. The van der Waals surface area contributed by atoms with Crippen molar-refractivity contribution in [2.24, 2.45) is 0 Å². The first-order chi connectivity index (χ1) is 11.3. The third kappa shape index (κ3) is 2.50. The molecule has 0 atom stereocenters. The van der Waals surface area contributed by atoms with Gasteiger partial charge in [-0.15, -0.1) is 0 Å². The van der Waals surface area contributed by atoms with Crippen LogP contribution in [0.2, 0.25) is 0 Å². The number of hydrogen-bond acceptors (Lipinski definition) is 4. The van der Waals surface area contributed by atoms with Crippen molar-refractivity contribution in [3.05, 3.63) is 47.7 Å². The Bertz CT molecular complexity index is 813. The lowest BCUT2D eigenvalue weighted by molar-refractivity contribution is -0.121. The molecule has 1 aromatic heterocycles. The number of aromatic nitrogens is 1. The molecule has 2 heterocycles. The molecule has 0 radical (unpaired) electrons. The van der Waals surface area contributed by atoms with E-state index in [0.717, 1.165) is 11.3 Å². The van der Waals surface area contributed by atoms with Crippen molar-refractivity contribution in [2.45, 2.75) is 19.3 Å². The molecular formula is C18H19N3O3. The highest BCUT2D eigenvalue weighted by atomic mass is 16.5. The number of methoxy groups -OCH3 is 1. The fraction of sp³-hybridized carbons (Fsp3) is 0.278. The van der Waals surface area contributed by atoms with E-state index in [1.54, 1.807) is 24.1 Å². The summed E-state index contributed by atoms with van der Waals surface area (Å²) in [7, 11) is 3.26. The molecular weight excluding hydrogens is 306 g/mol. The molecule has 0 spiro atoms. The maximum atomic E-state index is 12.3. The standard InChI is InChI=1S/C18H19N3O3/c1-18(2)13-7-6-12(9-14(13)21(3)17(18)23)20-16(22)11-5-8-15(24-4)19-10-11/h5-10H,1-4H3,(H,20,22). The quantitative estimate of drug-likeness (QED) is 0.941. The molecule has 0 fully saturated rings. The van der Waals surface area contributed by atoms with Gasteiger partial charge in [-0.1, -0.05) is 6.07 Å². The molecule has 0 bridgehead atoms. The van der Waals surface area contributed by atoms with Crippen LogP contribution in [0.1, 0.15) is 29.8 Å². The Morgan fingerprint density at radius 3 is 2.62 bits per heavy atom. The van der Waals surface area contributed by atoms with Gasteiger partial charge >= 0.3 is 0 Å². The largest absolute Gasteiger partial charge is 0.481 e. The molecule has 0 saturated heterocycles. The first-order valence-electron chi connectivity index (χ1n) is 7.58. The second kappa shape index (κ2) is 5.63. The molecule has 1 aliphatic rings. The number of fused-ring (bicyclic) bond motifs is 1. The van der Waals surface area contributed by atoms with Crippen molar-refractivity contribution >= 4 is 23.2 Å². The maximum absolute atomic E-state index is 12.3. The number of hydrogen-bond donors (Lipinski definition) is 1. The van der Waals surface area contributed by atoms with Crippen LogP contribution in [-0.4, -0.2) is 31.0 Å². The number of carbonyl (C=O) groups is 2. The zero-order chi connectivity index (χ0) is 17.5. The minimum atomic E-state index is -0.549. The number of anilines is 2. The summed E-state index contributed by atoms with van der Waals surface area (Å²) in [5, 5.41) is 2.83. The van der Waals surface area contributed by atoms with Crippen LogP contribution < -0.4 is 15.0 Å². The lowest BCUT2D eigenvalue weighted by Crippen LogP contribution is -2.33. The van der Waals surface area contributed by atoms with Crippen LogP contribution in [-0.2, 0) is 10.2 Å². The number of rotatable bonds is 3. The van der Waals surface area contributed by atoms with E-state index in [2.05, 4.69) is 10.3 Å². The maximum Gasteiger partial charge on any atom is 0.257 e. The number of benzene rings is 1. The number of carbonyl (C=O) groups excluding carboxylic acids is 2. The van der Waals surface area contributed by atoms with Crippen LogP contribution in [0.15, 0.2) is 36.5 Å². The lowest BCUT2D eigenvalue weighted by atomic mass is 9.86. The van der Waals surface area contributed by atoms with Crippen LogP contribution in [0, 0.1) is 0 Å². The molecule has 1 aliphatic heterocycles. The van der Waals surface area contributed by atoms with Gasteiger partial charge in [-0.2, -0.15) is 0 Å². The number of amides is 2. The zero-order valence-corrected chi connectivity index (χ0v) is 14.1. The number of pyridine rings is 1. The summed E-state index contributed by atoms with van der Waals surface area (Å²) in [4.78, 5) is 30.3. The van der Waals surface area contributed by atoms with Gasteiger partial charge in [0.25, 0.3) is 5.91 Å². The molecule has 2 amide bonds. The van der Waals surface area contributed by atoms with Crippen molar-refractivity contribution in [2.75, 3.05) is 24.4 Å². The smallest absolute Gasteiger partial charge is 0.257 e. The Kier molecular flexibility index (Phi) is 3.75. The highest BCUT2D eigenvalue weighted by Gasteiger charge is 2.42. The van der Waals surface area contributed by atoms with Gasteiger partial charge in [-0.05, 0) is 37.6 Å². The Morgan fingerprint density at radius 2 is 2.00 bits per heavy atom. The minimum Gasteiger partial charge on any atom is -0.481 e. The van der Waals surface area contributed by atoms with E-state index >= 15 is 0 Å². The van der Waals surface area contributed by atoms with Crippen LogP contribution in [0.25, 0.3) is 0 Å². The fourth-order valence-electron chi connectivity index (χ4n) is 2.90. The molecule has 3 rings (SSSR count). The molecule has 6 heteroatoms.